The van der Waals surface area contributed by atoms with Crippen LogP contribution in [0.2, 0.25) is 0 Å². The van der Waals surface area contributed by atoms with Crippen LogP contribution in [0.15, 0.2) is 48.5 Å². The van der Waals surface area contributed by atoms with Crippen molar-refractivity contribution in [2.45, 2.75) is 39.0 Å². The molecule has 1 heterocycles. The Bertz CT molecular complexity index is 874. The lowest BCUT2D eigenvalue weighted by molar-refractivity contribution is -0.00309. The number of ether oxygens (including phenoxy) is 2. The Labute approximate surface area is 178 Å². The van der Waals surface area contributed by atoms with Gasteiger partial charge < -0.3 is 9.47 Å². The molecule has 1 atom stereocenters. The molecule has 1 fully saturated rings. The van der Waals surface area contributed by atoms with Crippen molar-refractivity contribution in [3.63, 3.8) is 0 Å². The topological polar surface area (TPSA) is 59.1 Å². The Morgan fingerprint density at radius 3 is 2.43 bits per heavy atom. The van der Waals surface area contributed by atoms with Gasteiger partial charge in [0.15, 0.2) is 0 Å². The van der Waals surface area contributed by atoms with Crippen molar-refractivity contribution < 1.29 is 19.1 Å². The lowest BCUT2D eigenvalue weighted by atomic mass is 9.97. The van der Waals surface area contributed by atoms with Crippen molar-refractivity contribution in [2.24, 2.45) is 0 Å². The molecule has 0 saturated carbocycles. The maximum absolute atomic E-state index is 12.9. The van der Waals surface area contributed by atoms with Crippen molar-refractivity contribution >= 4 is 12.4 Å². The Morgan fingerprint density at radius 1 is 1.10 bits per heavy atom. The van der Waals surface area contributed by atoms with Crippen LogP contribution >= 0.6 is 0 Å². The molecule has 30 heavy (non-hydrogen) atoms. The van der Waals surface area contributed by atoms with Gasteiger partial charge in [-0.1, -0.05) is 36.4 Å². The van der Waals surface area contributed by atoms with Crippen molar-refractivity contribution in [3.05, 3.63) is 65.2 Å². The first kappa shape index (κ1) is 21.8. The maximum Gasteiger partial charge on any atom is 0.410 e. The fourth-order valence-corrected chi connectivity index (χ4v) is 3.70. The fraction of sp³-hybridized carbons (Fsp3) is 0.417. The highest BCUT2D eigenvalue weighted by Gasteiger charge is 2.35. The van der Waals surface area contributed by atoms with E-state index in [0.717, 1.165) is 30.7 Å². The van der Waals surface area contributed by atoms with Crippen molar-refractivity contribution in [2.75, 3.05) is 26.7 Å². The zero-order chi connectivity index (χ0) is 21.7. The minimum atomic E-state index is -0.577. The molecule has 1 aliphatic heterocycles. The fourth-order valence-electron chi connectivity index (χ4n) is 3.70. The molecular formula is C24H30N2O4. The minimum Gasteiger partial charge on any atom is -0.497 e. The number of nitrogens with zero attached hydrogens (tertiary/aromatic N) is 2. The number of rotatable bonds is 5. The van der Waals surface area contributed by atoms with E-state index >= 15 is 0 Å². The Balaban J connectivity index is 1.84. The predicted octanol–water partition coefficient (Wildman–Crippen LogP) is 4.30. The minimum absolute atomic E-state index is 0.256. The lowest BCUT2D eigenvalue weighted by Gasteiger charge is -2.42. The molecule has 1 aliphatic rings. The number of carbonyl (C=O) groups is 2. The SMILES string of the molecule is COc1ccc(CN2CCN(C(=O)OC(C)(C)C)C(c3ccccc3C=O)C2)cc1. The third kappa shape index (κ3) is 5.39. The van der Waals surface area contributed by atoms with Gasteiger partial charge in [-0.3, -0.25) is 14.6 Å². The molecule has 0 aromatic heterocycles. The van der Waals surface area contributed by atoms with Gasteiger partial charge in [-0.05, 0) is 44.0 Å². The third-order valence-corrected chi connectivity index (χ3v) is 5.14. The number of amides is 1. The highest BCUT2D eigenvalue weighted by Crippen LogP contribution is 2.30. The molecule has 6 nitrogen and oxygen atoms in total. The first-order valence-electron chi connectivity index (χ1n) is 10.2. The maximum atomic E-state index is 12.9. The van der Waals surface area contributed by atoms with E-state index in [1.54, 1.807) is 18.1 Å². The number of piperazine rings is 1. The average Bonchev–Trinajstić information content (AvgIpc) is 2.73. The summed E-state index contributed by atoms with van der Waals surface area (Å²) in [5.41, 5.74) is 2.04. The van der Waals surface area contributed by atoms with E-state index in [-0.39, 0.29) is 12.1 Å². The van der Waals surface area contributed by atoms with Crippen LogP contribution in [-0.4, -0.2) is 54.5 Å². The third-order valence-electron chi connectivity index (χ3n) is 5.14. The summed E-state index contributed by atoms with van der Waals surface area (Å²) in [4.78, 5) is 28.6. The molecule has 1 amide bonds. The standard InChI is InChI=1S/C24H30N2O4/c1-24(2,3)30-23(28)26-14-13-25(15-18-9-11-20(29-4)12-10-18)16-22(26)21-8-6-5-7-19(21)17-27/h5-12,17,22H,13-16H2,1-4H3. The number of hydrogen-bond donors (Lipinski definition) is 0. The quantitative estimate of drug-likeness (QED) is 0.688. The first-order valence-corrected chi connectivity index (χ1v) is 10.2. The van der Waals surface area contributed by atoms with E-state index in [9.17, 15) is 9.59 Å². The first-order chi connectivity index (χ1) is 14.3. The molecule has 0 bridgehead atoms. The lowest BCUT2D eigenvalue weighted by Crippen LogP contribution is -2.51. The average molecular weight is 411 g/mol. The van der Waals surface area contributed by atoms with Crippen LogP contribution in [0.25, 0.3) is 0 Å². The van der Waals surface area contributed by atoms with E-state index in [0.29, 0.717) is 18.7 Å². The van der Waals surface area contributed by atoms with E-state index in [4.69, 9.17) is 9.47 Å². The summed E-state index contributed by atoms with van der Waals surface area (Å²) in [6.07, 6.45) is 0.502. The second-order valence-electron chi connectivity index (χ2n) is 8.52. The molecule has 6 heteroatoms. The van der Waals surface area contributed by atoms with E-state index in [1.165, 1.54) is 5.56 Å². The molecule has 0 radical (unpaired) electrons. The number of methoxy groups -OCH3 is 1. The van der Waals surface area contributed by atoms with Gasteiger partial charge in [-0.2, -0.15) is 0 Å². The largest absolute Gasteiger partial charge is 0.497 e. The Hall–Kier alpha value is -2.86. The van der Waals surface area contributed by atoms with Gasteiger partial charge in [0.1, 0.15) is 17.6 Å². The van der Waals surface area contributed by atoms with Gasteiger partial charge in [0, 0.05) is 31.7 Å². The molecular weight excluding hydrogens is 380 g/mol. The van der Waals surface area contributed by atoms with Crippen LogP contribution in [0, 0.1) is 0 Å². The van der Waals surface area contributed by atoms with E-state index in [2.05, 4.69) is 4.90 Å². The highest BCUT2D eigenvalue weighted by molar-refractivity contribution is 5.78. The number of carbonyl (C=O) groups excluding carboxylic acids is 2. The number of hydrogen-bond acceptors (Lipinski definition) is 5. The van der Waals surface area contributed by atoms with E-state index < -0.39 is 5.60 Å². The monoisotopic (exact) mass is 410 g/mol. The molecule has 1 unspecified atom stereocenters. The Morgan fingerprint density at radius 2 is 1.80 bits per heavy atom. The summed E-state index contributed by atoms with van der Waals surface area (Å²) < 4.78 is 10.9. The van der Waals surface area contributed by atoms with Gasteiger partial charge in [-0.25, -0.2) is 4.79 Å². The summed E-state index contributed by atoms with van der Waals surface area (Å²) in [7, 11) is 1.65. The van der Waals surface area contributed by atoms with Crippen LogP contribution in [-0.2, 0) is 11.3 Å². The summed E-state index contributed by atoms with van der Waals surface area (Å²) in [6.45, 7) is 8.22. The molecule has 0 aliphatic carbocycles. The van der Waals surface area contributed by atoms with Crippen molar-refractivity contribution in [3.8, 4) is 5.75 Å². The summed E-state index contributed by atoms with van der Waals surface area (Å²) >= 11 is 0. The summed E-state index contributed by atoms with van der Waals surface area (Å²) in [5.74, 6) is 0.825. The van der Waals surface area contributed by atoms with Gasteiger partial charge in [0.25, 0.3) is 0 Å². The van der Waals surface area contributed by atoms with E-state index in [1.807, 2.05) is 63.2 Å². The molecule has 160 valence electrons. The van der Waals surface area contributed by atoms with Crippen LogP contribution < -0.4 is 4.74 Å². The van der Waals surface area contributed by atoms with Crippen molar-refractivity contribution in [1.29, 1.82) is 0 Å². The van der Waals surface area contributed by atoms with Gasteiger partial charge in [0.2, 0.25) is 0 Å². The number of benzene rings is 2. The van der Waals surface area contributed by atoms with Gasteiger partial charge >= 0.3 is 6.09 Å². The van der Waals surface area contributed by atoms with Crippen LogP contribution in [0.5, 0.6) is 5.75 Å². The second kappa shape index (κ2) is 9.30. The molecule has 0 spiro atoms. The summed E-state index contributed by atoms with van der Waals surface area (Å²) in [5, 5.41) is 0. The summed E-state index contributed by atoms with van der Waals surface area (Å²) in [6, 6.07) is 15.2. The van der Waals surface area contributed by atoms with Crippen molar-refractivity contribution in [1.82, 2.24) is 9.80 Å². The van der Waals surface area contributed by atoms with Gasteiger partial charge in [-0.15, -0.1) is 0 Å². The van der Waals surface area contributed by atoms with Gasteiger partial charge in [0.05, 0.1) is 13.2 Å². The zero-order valence-corrected chi connectivity index (χ0v) is 18.1. The second-order valence-corrected chi connectivity index (χ2v) is 8.52. The Kier molecular flexibility index (Phi) is 6.77. The molecule has 1 saturated heterocycles. The van der Waals surface area contributed by atoms with Crippen LogP contribution in [0.4, 0.5) is 4.79 Å². The molecule has 3 rings (SSSR count). The highest BCUT2D eigenvalue weighted by atomic mass is 16.6. The van der Waals surface area contributed by atoms with Crippen LogP contribution in [0.3, 0.4) is 0 Å². The molecule has 2 aromatic rings. The smallest absolute Gasteiger partial charge is 0.410 e. The van der Waals surface area contributed by atoms with Crippen LogP contribution in [0.1, 0.15) is 48.3 Å². The molecule has 0 N–H and O–H groups in total. The number of aldehydes is 1. The normalized spacial score (nSPS) is 17.5. The molecule has 2 aromatic carbocycles. The predicted molar refractivity (Wildman–Crippen MR) is 116 cm³/mol. The zero-order valence-electron chi connectivity index (χ0n) is 18.1.